The number of amides is 1. The predicted molar refractivity (Wildman–Crippen MR) is 126 cm³/mol. The molecule has 0 aliphatic rings. The van der Waals surface area contributed by atoms with Crippen LogP contribution in [0.4, 0.5) is 32.0 Å². The average Bonchev–Trinajstić information content (AvgIpc) is 3.04. The van der Waals surface area contributed by atoms with Crippen LogP contribution < -0.4 is 10.1 Å². The maximum absolute atomic E-state index is 13.4. The number of halogens is 7. The summed E-state index contributed by atoms with van der Waals surface area (Å²) in [5.74, 6) is -1.20. The number of hydrogen-bond donors (Lipinski definition) is 1. The number of nitrogens with one attached hydrogen (secondary N) is 1. The van der Waals surface area contributed by atoms with Crippen LogP contribution in [-0.2, 0) is 12.7 Å². The van der Waals surface area contributed by atoms with E-state index in [9.17, 15) is 31.1 Å². The van der Waals surface area contributed by atoms with Crippen molar-refractivity contribution in [1.29, 1.82) is 0 Å². The highest BCUT2D eigenvalue weighted by atomic mass is 79.9. The Bertz CT molecular complexity index is 1500. The molecule has 0 spiro atoms. The van der Waals surface area contributed by atoms with Crippen LogP contribution in [0.1, 0.15) is 33.0 Å². The summed E-state index contributed by atoms with van der Waals surface area (Å²) < 4.78 is 83.9. The Balaban J connectivity index is 1.65. The van der Waals surface area contributed by atoms with Gasteiger partial charge in [-0.15, -0.1) is 13.2 Å². The predicted octanol–water partition coefficient (Wildman–Crippen LogP) is 7.03. The summed E-state index contributed by atoms with van der Waals surface area (Å²) >= 11 is 3.25. The summed E-state index contributed by atoms with van der Waals surface area (Å²) in [7, 11) is 0. The molecule has 13 heteroatoms. The smallest absolute Gasteiger partial charge is 0.406 e. The number of aryl methyl sites for hydroxylation is 1. The molecule has 2 aromatic carbocycles. The second-order valence-electron chi connectivity index (χ2n) is 8.07. The molecule has 0 saturated carbocycles. The largest absolute Gasteiger partial charge is 0.573 e. The van der Waals surface area contributed by atoms with Gasteiger partial charge in [-0.1, -0.05) is 28.1 Å². The minimum Gasteiger partial charge on any atom is -0.406 e. The van der Waals surface area contributed by atoms with Gasteiger partial charge in [-0.25, -0.2) is 4.98 Å². The highest BCUT2D eigenvalue weighted by Crippen LogP contribution is 2.33. The fourth-order valence-corrected chi connectivity index (χ4v) is 4.12. The zero-order valence-electron chi connectivity index (χ0n) is 19.1. The van der Waals surface area contributed by atoms with Gasteiger partial charge in [-0.3, -0.25) is 9.48 Å². The number of fused-ring (bicyclic) bond motifs is 1. The first-order valence-electron chi connectivity index (χ1n) is 10.6. The van der Waals surface area contributed by atoms with Crippen molar-refractivity contribution in [3.63, 3.8) is 0 Å². The van der Waals surface area contributed by atoms with Crippen LogP contribution in [0, 0.1) is 13.8 Å². The summed E-state index contributed by atoms with van der Waals surface area (Å²) in [6.45, 7) is 3.26. The normalized spacial score (nSPS) is 12.1. The minimum absolute atomic E-state index is 0.00623. The molecule has 6 nitrogen and oxygen atoms in total. The van der Waals surface area contributed by atoms with E-state index in [4.69, 9.17) is 0 Å². The number of ether oxygens (including phenoxy) is 1. The maximum Gasteiger partial charge on any atom is 0.573 e. The Morgan fingerprint density at radius 1 is 1.05 bits per heavy atom. The van der Waals surface area contributed by atoms with Gasteiger partial charge in [-0.2, -0.15) is 18.3 Å². The lowest BCUT2D eigenvalue weighted by molar-refractivity contribution is -0.274. The molecule has 1 amide bonds. The van der Waals surface area contributed by atoms with Crippen LogP contribution in [-0.4, -0.2) is 27.0 Å². The molecule has 0 aliphatic heterocycles. The van der Waals surface area contributed by atoms with Crippen molar-refractivity contribution in [3.05, 3.63) is 81.2 Å². The Kier molecular flexibility index (Phi) is 6.93. The highest BCUT2D eigenvalue weighted by Gasteiger charge is 2.34. The number of carbonyl (C=O) groups is 1. The van der Waals surface area contributed by atoms with E-state index in [1.165, 1.54) is 35.0 Å². The van der Waals surface area contributed by atoms with Gasteiger partial charge in [-0.05, 0) is 55.8 Å². The van der Waals surface area contributed by atoms with E-state index in [1.807, 2.05) is 0 Å². The van der Waals surface area contributed by atoms with Gasteiger partial charge < -0.3 is 10.1 Å². The van der Waals surface area contributed by atoms with Gasteiger partial charge in [0.05, 0.1) is 34.7 Å². The number of hydrogen-bond acceptors (Lipinski definition) is 4. The standard InChI is InChI=1S/C24H17BrF6N4O2/c1-12-21(13(2)35(34-12)11-14-4-3-5-16(8-14)37-24(29,30)31)33-22(36)18-10-20(23(26,27)28)32-19-7-6-15(25)9-17(18)19/h3-10H,11H2,1-2H3,(H,33,36). The molecule has 0 unspecified atom stereocenters. The second kappa shape index (κ2) is 9.69. The number of aromatic nitrogens is 3. The van der Waals surface area contributed by atoms with E-state index in [2.05, 4.69) is 36.1 Å². The number of pyridine rings is 1. The summed E-state index contributed by atoms with van der Waals surface area (Å²) in [6, 6.07) is 10.4. The number of benzene rings is 2. The van der Waals surface area contributed by atoms with Crippen molar-refractivity contribution < 1.29 is 35.9 Å². The van der Waals surface area contributed by atoms with Gasteiger partial charge >= 0.3 is 12.5 Å². The Hall–Kier alpha value is -3.61. The molecule has 0 atom stereocenters. The number of carbonyl (C=O) groups excluding carboxylic acids is 1. The van der Waals surface area contributed by atoms with Crippen molar-refractivity contribution >= 4 is 38.4 Å². The fourth-order valence-electron chi connectivity index (χ4n) is 3.76. The van der Waals surface area contributed by atoms with Crippen molar-refractivity contribution in [2.24, 2.45) is 0 Å². The number of nitrogens with zero attached hydrogens (tertiary/aromatic N) is 3. The summed E-state index contributed by atoms with van der Waals surface area (Å²) in [4.78, 5) is 16.8. The molecule has 0 fully saturated rings. The molecule has 4 aromatic rings. The minimum atomic E-state index is -4.84. The second-order valence-corrected chi connectivity index (χ2v) is 8.98. The van der Waals surface area contributed by atoms with Crippen molar-refractivity contribution in [3.8, 4) is 5.75 Å². The lowest BCUT2D eigenvalue weighted by Crippen LogP contribution is -2.17. The van der Waals surface area contributed by atoms with Gasteiger partial charge in [0.2, 0.25) is 0 Å². The first-order chi connectivity index (χ1) is 17.2. The monoisotopic (exact) mass is 586 g/mol. The Labute approximate surface area is 214 Å². The molecule has 0 saturated heterocycles. The zero-order valence-corrected chi connectivity index (χ0v) is 20.7. The van der Waals surface area contributed by atoms with Gasteiger partial charge in [0.15, 0.2) is 0 Å². The number of alkyl halides is 6. The third kappa shape index (κ3) is 6.04. The molecular formula is C24H17BrF6N4O2. The number of rotatable bonds is 5. The van der Waals surface area contributed by atoms with E-state index in [-0.39, 0.29) is 28.7 Å². The molecule has 1 N–H and O–H groups in total. The van der Waals surface area contributed by atoms with Crippen LogP contribution in [0.2, 0.25) is 0 Å². The number of anilines is 1. The lowest BCUT2D eigenvalue weighted by atomic mass is 10.1. The molecule has 0 bridgehead atoms. The van der Waals surface area contributed by atoms with E-state index in [1.54, 1.807) is 19.9 Å². The SMILES string of the molecule is Cc1nn(Cc2cccc(OC(F)(F)F)c2)c(C)c1NC(=O)c1cc(C(F)(F)F)nc2ccc(Br)cc12. The van der Waals surface area contributed by atoms with Crippen LogP contribution >= 0.6 is 15.9 Å². The van der Waals surface area contributed by atoms with Crippen LogP contribution in [0.5, 0.6) is 5.75 Å². The molecule has 0 aliphatic carbocycles. The average molecular weight is 587 g/mol. The van der Waals surface area contributed by atoms with E-state index >= 15 is 0 Å². The first-order valence-corrected chi connectivity index (χ1v) is 11.4. The lowest BCUT2D eigenvalue weighted by Gasteiger charge is -2.13. The maximum atomic E-state index is 13.4. The molecule has 37 heavy (non-hydrogen) atoms. The summed E-state index contributed by atoms with van der Waals surface area (Å²) in [5, 5.41) is 7.17. The summed E-state index contributed by atoms with van der Waals surface area (Å²) in [5.41, 5.74) is 0.0759. The molecule has 0 radical (unpaired) electrons. The highest BCUT2D eigenvalue weighted by molar-refractivity contribution is 9.10. The molecule has 4 rings (SSSR count). The molecule has 194 valence electrons. The quantitative estimate of drug-likeness (QED) is 0.255. The zero-order chi connectivity index (χ0) is 27.1. The van der Waals surface area contributed by atoms with Crippen LogP contribution in [0.15, 0.2) is 53.0 Å². The molecule has 2 aromatic heterocycles. The van der Waals surface area contributed by atoms with Crippen LogP contribution in [0.25, 0.3) is 10.9 Å². The Morgan fingerprint density at radius 3 is 2.46 bits per heavy atom. The fraction of sp³-hybridized carbons (Fsp3) is 0.208. The molecular weight excluding hydrogens is 570 g/mol. The third-order valence-electron chi connectivity index (χ3n) is 5.39. The Morgan fingerprint density at radius 2 is 1.78 bits per heavy atom. The molecule has 2 heterocycles. The van der Waals surface area contributed by atoms with E-state index in [0.717, 1.165) is 6.07 Å². The van der Waals surface area contributed by atoms with Gasteiger partial charge in [0.1, 0.15) is 11.4 Å². The van der Waals surface area contributed by atoms with Crippen molar-refractivity contribution in [1.82, 2.24) is 14.8 Å². The van der Waals surface area contributed by atoms with E-state index < -0.39 is 29.9 Å². The third-order valence-corrected chi connectivity index (χ3v) is 5.88. The van der Waals surface area contributed by atoms with Gasteiger partial charge in [0, 0.05) is 9.86 Å². The first kappa shape index (κ1) is 26.5. The van der Waals surface area contributed by atoms with Crippen molar-refractivity contribution in [2.45, 2.75) is 32.9 Å². The van der Waals surface area contributed by atoms with Gasteiger partial charge in [0.25, 0.3) is 5.91 Å². The topological polar surface area (TPSA) is 69.0 Å². The van der Waals surface area contributed by atoms with Crippen molar-refractivity contribution in [2.75, 3.05) is 5.32 Å². The summed E-state index contributed by atoms with van der Waals surface area (Å²) in [6.07, 6.45) is -9.61. The van der Waals surface area contributed by atoms with E-state index in [0.29, 0.717) is 27.5 Å². The van der Waals surface area contributed by atoms with Crippen LogP contribution in [0.3, 0.4) is 0 Å².